The van der Waals surface area contributed by atoms with Crippen LogP contribution in [-0.2, 0) is 25.2 Å². The van der Waals surface area contributed by atoms with Crippen molar-refractivity contribution in [2.24, 2.45) is 0 Å². The second-order valence-corrected chi connectivity index (χ2v) is 11.7. The fourth-order valence-corrected chi connectivity index (χ4v) is 5.63. The molecular formula is C27H31FN2O5S. The summed E-state index contributed by atoms with van der Waals surface area (Å²) in [4.78, 5) is 26.4. The Morgan fingerprint density at radius 3 is 2.50 bits per heavy atom. The molecule has 2 amide bonds. The van der Waals surface area contributed by atoms with Crippen LogP contribution in [0.15, 0.2) is 48.0 Å². The molecule has 0 unspecified atom stereocenters. The van der Waals surface area contributed by atoms with Crippen LogP contribution in [0.3, 0.4) is 0 Å². The minimum Gasteiger partial charge on any atom is -0.493 e. The number of nitrogens with one attached hydrogen (secondary N) is 2. The zero-order chi connectivity index (χ0) is 26.1. The number of carbonyl (C=O) groups is 2. The second kappa shape index (κ2) is 10.0. The predicted octanol–water partition coefficient (Wildman–Crippen LogP) is 4.11. The van der Waals surface area contributed by atoms with Gasteiger partial charge < -0.3 is 10.1 Å². The van der Waals surface area contributed by atoms with Gasteiger partial charge >= 0.3 is 0 Å². The summed E-state index contributed by atoms with van der Waals surface area (Å²) in [5, 5.41) is 2.14. The number of hydrogen-bond donors (Lipinski definition) is 2. The van der Waals surface area contributed by atoms with Gasteiger partial charge in [0.1, 0.15) is 17.1 Å². The van der Waals surface area contributed by atoms with E-state index >= 15 is 4.39 Å². The third-order valence-electron chi connectivity index (χ3n) is 6.58. The third-order valence-corrected chi connectivity index (χ3v) is 8.39. The highest BCUT2D eigenvalue weighted by atomic mass is 32.2. The summed E-state index contributed by atoms with van der Waals surface area (Å²) in [7, 11) is -3.86. The zero-order valence-electron chi connectivity index (χ0n) is 20.7. The molecule has 36 heavy (non-hydrogen) atoms. The number of unbranched alkanes of at least 4 members (excludes halogenated alkanes) is 1. The summed E-state index contributed by atoms with van der Waals surface area (Å²) >= 11 is 0. The van der Waals surface area contributed by atoms with Crippen LogP contribution >= 0.6 is 0 Å². The molecule has 2 N–H and O–H groups in total. The molecule has 7 nitrogen and oxygen atoms in total. The molecule has 1 heterocycles. The van der Waals surface area contributed by atoms with E-state index in [1.54, 1.807) is 31.2 Å². The average molecular weight is 515 g/mol. The monoisotopic (exact) mass is 514 g/mol. The highest BCUT2D eigenvalue weighted by molar-refractivity contribution is 7.91. The van der Waals surface area contributed by atoms with Gasteiger partial charge in [0.25, 0.3) is 11.8 Å². The van der Waals surface area contributed by atoms with Gasteiger partial charge in [-0.3, -0.25) is 9.59 Å². The second-order valence-electron chi connectivity index (χ2n) is 9.70. The lowest BCUT2D eigenvalue weighted by molar-refractivity contribution is -0.124. The van der Waals surface area contributed by atoms with Crippen LogP contribution in [0.25, 0.3) is 5.57 Å². The molecule has 0 saturated heterocycles. The lowest BCUT2D eigenvalue weighted by Gasteiger charge is -2.37. The van der Waals surface area contributed by atoms with E-state index in [2.05, 4.69) is 10.0 Å². The van der Waals surface area contributed by atoms with Crippen LogP contribution in [-0.4, -0.2) is 32.1 Å². The molecule has 2 aromatic carbocycles. The molecule has 0 bridgehead atoms. The molecule has 2 aliphatic rings. The first-order valence-electron chi connectivity index (χ1n) is 12.2. The molecule has 1 aliphatic heterocycles. The highest BCUT2D eigenvalue weighted by Crippen LogP contribution is 2.40. The van der Waals surface area contributed by atoms with E-state index in [0.29, 0.717) is 36.3 Å². The molecule has 1 fully saturated rings. The van der Waals surface area contributed by atoms with Gasteiger partial charge in [0, 0.05) is 18.1 Å². The Kier molecular flexibility index (Phi) is 7.22. The van der Waals surface area contributed by atoms with Crippen molar-refractivity contribution in [2.45, 2.75) is 63.7 Å². The summed E-state index contributed by atoms with van der Waals surface area (Å²) in [5.41, 5.74) is 0.717. The number of hydrogen-bond acceptors (Lipinski definition) is 5. The fourth-order valence-electron chi connectivity index (χ4n) is 4.35. The van der Waals surface area contributed by atoms with Crippen molar-refractivity contribution in [3.63, 3.8) is 0 Å². The number of aryl methyl sites for hydroxylation is 1. The number of ether oxygens (including phenoxy) is 1. The number of rotatable bonds is 9. The van der Waals surface area contributed by atoms with Crippen LogP contribution < -0.4 is 14.8 Å². The van der Waals surface area contributed by atoms with Crippen LogP contribution in [0, 0.1) is 12.7 Å². The standard InChI is InChI=1S/C27H31FN2O5S/c1-4-5-14-35-19-10-13-22(23(28)15-19)27(3)16-21(18-8-6-17(2)7-9-18)24(25(31)29-27)26(32)30-36(33,34)20-11-12-20/h6-10,13,15,20H,4-5,11-12,14,16H2,1-3H3,(H,29,31)(H,30,32)/t27-/m0/s1. The maximum Gasteiger partial charge on any atom is 0.270 e. The molecule has 1 saturated carbocycles. The van der Waals surface area contributed by atoms with Crippen molar-refractivity contribution in [3.05, 3.63) is 70.5 Å². The van der Waals surface area contributed by atoms with E-state index in [0.717, 1.165) is 18.4 Å². The number of benzene rings is 2. The van der Waals surface area contributed by atoms with E-state index in [9.17, 15) is 18.0 Å². The minimum atomic E-state index is -3.86. The average Bonchev–Trinajstić information content (AvgIpc) is 3.65. The van der Waals surface area contributed by atoms with Gasteiger partial charge in [-0.25, -0.2) is 17.5 Å². The third kappa shape index (κ3) is 5.46. The summed E-state index contributed by atoms with van der Waals surface area (Å²) < 4.78 is 47.8. The molecule has 0 radical (unpaired) electrons. The quantitative estimate of drug-likeness (QED) is 0.387. The van der Waals surface area contributed by atoms with Crippen LogP contribution in [0.2, 0.25) is 0 Å². The van der Waals surface area contributed by atoms with E-state index in [1.165, 1.54) is 6.07 Å². The maximum absolute atomic E-state index is 15.3. The Hall–Kier alpha value is -3.20. The lowest BCUT2D eigenvalue weighted by atomic mass is 9.78. The van der Waals surface area contributed by atoms with Crippen molar-refractivity contribution in [3.8, 4) is 5.75 Å². The van der Waals surface area contributed by atoms with Gasteiger partial charge in [0.2, 0.25) is 10.0 Å². The molecule has 9 heteroatoms. The van der Waals surface area contributed by atoms with Gasteiger partial charge in [-0.15, -0.1) is 0 Å². The van der Waals surface area contributed by atoms with Gasteiger partial charge in [-0.1, -0.05) is 49.2 Å². The fraction of sp³-hybridized carbons (Fsp3) is 0.407. The van der Waals surface area contributed by atoms with E-state index < -0.39 is 38.4 Å². The summed E-state index contributed by atoms with van der Waals surface area (Å²) in [5.74, 6) is -1.88. The largest absolute Gasteiger partial charge is 0.493 e. The van der Waals surface area contributed by atoms with E-state index in [1.807, 2.05) is 26.0 Å². The topological polar surface area (TPSA) is 102 Å². The highest BCUT2D eigenvalue weighted by Gasteiger charge is 2.43. The lowest BCUT2D eigenvalue weighted by Crippen LogP contribution is -2.51. The van der Waals surface area contributed by atoms with Crippen molar-refractivity contribution in [2.75, 3.05) is 6.61 Å². The number of halogens is 1. The maximum atomic E-state index is 15.3. The smallest absolute Gasteiger partial charge is 0.270 e. The van der Waals surface area contributed by atoms with Crippen molar-refractivity contribution in [1.82, 2.24) is 10.0 Å². The molecule has 0 spiro atoms. The van der Waals surface area contributed by atoms with Crippen LogP contribution in [0.5, 0.6) is 5.75 Å². The summed E-state index contributed by atoms with van der Waals surface area (Å²) in [6, 6.07) is 11.7. The SMILES string of the molecule is CCCCOc1ccc([C@]2(C)CC(c3ccc(C)cc3)=C(C(=O)NS(=O)(=O)C3CC3)C(=O)N2)c(F)c1. The van der Waals surface area contributed by atoms with Crippen molar-refractivity contribution < 1.29 is 27.1 Å². The number of sulfonamides is 1. The van der Waals surface area contributed by atoms with Crippen molar-refractivity contribution >= 4 is 27.4 Å². The first kappa shape index (κ1) is 25.9. The van der Waals surface area contributed by atoms with Crippen LogP contribution in [0.1, 0.15) is 62.6 Å². The number of carbonyl (C=O) groups excluding carboxylic acids is 2. The molecule has 2 aromatic rings. The Bertz CT molecular complexity index is 1320. The van der Waals surface area contributed by atoms with Gasteiger partial charge in [-0.05, 0) is 50.3 Å². The van der Waals surface area contributed by atoms with E-state index in [4.69, 9.17) is 4.74 Å². The molecule has 4 rings (SSSR count). The molecule has 192 valence electrons. The van der Waals surface area contributed by atoms with Gasteiger partial charge in [0.15, 0.2) is 0 Å². The first-order valence-corrected chi connectivity index (χ1v) is 13.7. The van der Waals surface area contributed by atoms with Gasteiger partial charge in [-0.2, -0.15) is 0 Å². The zero-order valence-corrected chi connectivity index (χ0v) is 21.5. The van der Waals surface area contributed by atoms with Crippen molar-refractivity contribution in [1.29, 1.82) is 0 Å². The Morgan fingerprint density at radius 1 is 1.19 bits per heavy atom. The Labute approximate surface area is 211 Å². The normalized spacial score (nSPS) is 20.2. The van der Waals surface area contributed by atoms with Crippen LogP contribution in [0.4, 0.5) is 4.39 Å². The summed E-state index contributed by atoms with van der Waals surface area (Å²) in [6.07, 6.45) is 2.85. The minimum absolute atomic E-state index is 0.0843. The molecular weight excluding hydrogens is 483 g/mol. The molecule has 1 aliphatic carbocycles. The Morgan fingerprint density at radius 2 is 1.89 bits per heavy atom. The summed E-state index contributed by atoms with van der Waals surface area (Å²) in [6.45, 7) is 6.11. The Balaban J connectivity index is 1.72. The predicted molar refractivity (Wildman–Crippen MR) is 135 cm³/mol. The molecule has 0 aromatic heterocycles. The number of amides is 2. The first-order chi connectivity index (χ1) is 17.0. The van der Waals surface area contributed by atoms with E-state index in [-0.39, 0.29) is 17.6 Å². The van der Waals surface area contributed by atoms with Gasteiger partial charge in [0.05, 0.1) is 17.4 Å². The molecule has 1 atom stereocenters.